The smallest absolute Gasteiger partial charge is 0.358 e. The minimum Gasteiger partial charge on any atom is -0.497 e. The van der Waals surface area contributed by atoms with E-state index in [2.05, 4.69) is 0 Å². The molecule has 0 saturated carbocycles. The molecule has 0 bridgehead atoms. The predicted molar refractivity (Wildman–Crippen MR) is 109 cm³/mol. The van der Waals surface area contributed by atoms with Crippen LogP contribution in [0.25, 0.3) is 5.69 Å². The van der Waals surface area contributed by atoms with E-state index in [1.54, 1.807) is 68.6 Å². The number of nitrogens with zero attached hydrogens (tertiary/aromatic N) is 4. The van der Waals surface area contributed by atoms with Gasteiger partial charge in [0.05, 0.1) is 37.1 Å². The Morgan fingerprint density at radius 3 is 2.38 bits per heavy atom. The fraction of sp³-hybridized carbons (Fsp3) is 0.250. The third-order valence-corrected chi connectivity index (χ3v) is 4.73. The molecule has 0 N–H and O–H groups in total. The number of nitro groups is 1. The minimum atomic E-state index is -0.672. The maximum atomic E-state index is 12.8. The summed E-state index contributed by atoms with van der Waals surface area (Å²) >= 11 is 0. The molecule has 9 heteroatoms. The maximum absolute atomic E-state index is 12.8. The number of hydrogen-bond donors (Lipinski definition) is 0. The summed E-state index contributed by atoms with van der Waals surface area (Å²) in [5, 5.41) is 11.7. The van der Waals surface area contributed by atoms with Gasteiger partial charge in [-0.25, -0.2) is 4.68 Å². The molecule has 3 rings (SSSR count). The van der Waals surface area contributed by atoms with Crippen molar-refractivity contribution in [3.8, 4) is 17.2 Å². The van der Waals surface area contributed by atoms with Gasteiger partial charge in [0.1, 0.15) is 17.2 Å². The van der Waals surface area contributed by atoms with Crippen molar-refractivity contribution < 1.29 is 14.4 Å². The van der Waals surface area contributed by atoms with Crippen molar-refractivity contribution in [3.63, 3.8) is 0 Å². The molecule has 2 aromatic carbocycles. The predicted octanol–water partition coefficient (Wildman–Crippen LogP) is 2.74. The number of ether oxygens (including phenoxy) is 2. The second-order valence-electron chi connectivity index (χ2n) is 6.42. The van der Waals surface area contributed by atoms with E-state index in [1.807, 2.05) is 6.07 Å². The first-order chi connectivity index (χ1) is 13.9. The van der Waals surface area contributed by atoms with E-state index in [-0.39, 0.29) is 12.2 Å². The summed E-state index contributed by atoms with van der Waals surface area (Å²) in [6.07, 6.45) is 0. The molecule has 1 heterocycles. The van der Waals surface area contributed by atoms with Gasteiger partial charge in [-0.2, -0.15) is 0 Å². The first-order valence-electron chi connectivity index (χ1n) is 8.82. The summed E-state index contributed by atoms with van der Waals surface area (Å²) in [6.45, 7) is 0.130. The molecule has 0 atom stereocenters. The van der Waals surface area contributed by atoms with Gasteiger partial charge in [-0.15, -0.1) is 0 Å². The topological polar surface area (TPSA) is 91.8 Å². The molecule has 0 unspecified atom stereocenters. The summed E-state index contributed by atoms with van der Waals surface area (Å²) in [7, 11) is 6.51. The van der Waals surface area contributed by atoms with Crippen LogP contribution in [0, 0.1) is 10.1 Å². The van der Waals surface area contributed by atoms with Crippen molar-refractivity contribution in [1.82, 2.24) is 9.36 Å². The molecule has 0 aliphatic heterocycles. The lowest BCUT2D eigenvalue weighted by Gasteiger charge is -2.22. The number of anilines is 1. The van der Waals surface area contributed by atoms with Crippen LogP contribution in [-0.4, -0.2) is 35.6 Å². The van der Waals surface area contributed by atoms with Crippen molar-refractivity contribution in [2.75, 3.05) is 26.2 Å². The molecular weight excluding hydrogens is 376 g/mol. The van der Waals surface area contributed by atoms with E-state index in [0.717, 1.165) is 0 Å². The van der Waals surface area contributed by atoms with Crippen LogP contribution in [0.4, 0.5) is 11.4 Å². The molecule has 0 amide bonds. The lowest BCUT2D eigenvalue weighted by atomic mass is 10.2. The van der Waals surface area contributed by atoms with Crippen LogP contribution in [0.5, 0.6) is 11.5 Å². The van der Waals surface area contributed by atoms with Gasteiger partial charge in [-0.3, -0.25) is 19.6 Å². The molecule has 1 aromatic heterocycles. The van der Waals surface area contributed by atoms with Crippen LogP contribution >= 0.6 is 0 Å². The molecule has 9 nitrogen and oxygen atoms in total. The van der Waals surface area contributed by atoms with E-state index < -0.39 is 16.2 Å². The normalized spacial score (nSPS) is 10.6. The van der Waals surface area contributed by atoms with Crippen LogP contribution in [0.3, 0.4) is 0 Å². The zero-order chi connectivity index (χ0) is 21.1. The van der Waals surface area contributed by atoms with E-state index >= 15 is 0 Å². The quantitative estimate of drug-likeness (QED) is 0.449. The van der Waals surface area contributed by atoms with Crippen molar-refractivity contribution in [2.45, 2.75) is 6.54 Å². The fourth-order valence-electron chi connectivity index (χ4n) is 3.26. The molecule has 0 fully saturated rings. The third-order valence-electron chi connectivity index (χ3n) is 4.73. The molecule has 3 aromatic rings. The highest BCUT2D eigenvalue weighted by atomic mass is 16.6. The Bertz CT molecular complexity index is 1090. The van der Waals surface area contributed by atoms with Crippen LogP contribution < -0.4 is 19.9 Å². The molecular formula is C20H22N4O5. The van der Waals surface area contributed by atoms with Gasteiger partial charge >= 0.3 is 11.2 Å². The lowest BCUT2D eigenvalue weighted by molar-refractivity contribution is -0.386. The highest BCUT2D eigenvalue weighted by Gasteiger charge is 2.29. The lowest BCUT2D eigenvalue weighted by Crippen LogP contribution is -2.22. The second-order valence-corrected chi connectivity index (χ2v) is 6.42. The Hall–Kier alpha value is -3.75. The molecule has 0 saturated heterocycles. The molecule has 0 spiro atoms. The number of para-hydroxylation sites is 1. The number of hydrogen-bond acceptors (Lipinski definition) is 6. The van der Waals surface area contributed by atoms with E-state index in [0.29, 0.717) is 22.9 Å². The number of aromatic nitrogens is 2. The van der Waals surface area contributed by atoms with Crippen molar-refractivity contribution in [2.24, 2.45) is 7.05 Å². The number of rotatable bonds is 7. The summed E-state index contributed by atoms with van der Waals surface area (Å²) in [5.41, 5.74) is 0.426. The van der Waals surface area contributed by atoms with Crippen molar-refractivity contribution in [1.29, 1.82) is 0 Å². The van der Waals surface area contributed by atoms with Gasteiger partial charge in [0, 0.05) is 20.2 Å². The molecule has 0 aliphatic rings. The number of methoxy groups -OCH3 is 2. The van der Waals surface area contributed by atoms with Crippen LogP contribution in [0.2, 0.25) is 0 Å². The van der Waals surface area contributed by atoms with E-state index in [4.69, 9.17) is 9.47 Å². The van der Waals surface area contributed by atoms with Gasteiger partial charge in [-0.05, 0) is 24.3 Å². The Balaban J connectivity index is 2.08. The standard InChI is InChI=1S/C20H22N4O5/c1-21(16-11-10-15(28-3)12-18(16)29-4)13-17-19(24(26)27)20(25)23(22(17)2)14-8-6-5-7-9-14/h5-12H,13H2,1-4H3. The first-order valence-corrected chi connectivity index (χ1v) is 8.82. The Kier molecular flexibility index (Phi) is 5.58. The average Bonchev–Trinajstić information content (AvgIpc) is 2.97. The highest BCUT2D eigenvalue weighted by Crippen LogP contribution is 2.33. The minimum absolute atomic E-state index is 0.130. The molecule has 29 heavy (non-hydrogen) atoms. The van der Waals surface area contributed by atoms with Gasteiger partial charge in [0.15, 0.2) is 0 Å². The zero-order valence-electron chi connectivity index (χ0n) is 16.7. The Morgan fingerprint density at radius 1 is 1.10 bits per heavy atom. The summed E-state index contributed by atoms with van der Waals surface area (Å²) < 4.78 is 13.4. The van der Waals surface area contributed by atoms with Crippen LogP contribution in [0.15, 0.2) is 53.3 Å². The monoisotopic (exact) mass is 398 g/mol. The third kappa shape index (κ3) is 3.66. The van der Waals surface area contributed by atoms with Gasteiger partial charge in [-0.1, -0.05) is 18.2 Å². The Labute approximate surface area is 167 Å². The molecule has 152 valence electrons. The summed E-state index contributed by atoms with van der Waals surface area (Å²) in [6, 6.07) is 14.1. The zero-order valence-corrected chi connectivity index (χ0v) is 16.7. The molecule has 0 aliphatic carbocycles. The largest absolute Gasteiger partial charge is 0.497 e. The summed E-state index contributed by atoms with van der Waals surface area (Å²) in [4.78, 5) is 25.7. The first kappa shape index (κ1) is 20.0. The SMILES string of the molecule is COc1ccc(N(C)Cc2c([N+](=O)[O-])c(=O)n(-c3ccccc3)n2C)c(OC)c1. The van der Waals surface area contributed by atoms with Gasteiger partial charge in [0.25, 0.3) is 0 Å². The summed E-state index contributed by atoms with van der Waals surface area (Å²) in [5.74, 6) is 1.19. The van der Waals surface area contributed by atoms with Crippen LogP contribution in [0.1, 0.15) is 5.69 Å². The van der Waals surface area contributed by atoms with E-state index in [1.165, 1.54) is 16.5 Å². The fourth-order valence-corrected chi connectivity index (χ4v) is 3.26. The van der Waals surface area contributed by atoms with E-state index in [9.17, 15) is 14.9 Å². The average molecular weight is 398 g/mol. The highest BCUT2D eigenvalue weighted by molar-refractivity contribution is 5.61. The maximum Gasteiger partial charge on any atom is 0.358 e. The van der Waals surface area contributed by atoms with Gasteiger partial charge in [0.2, 0.25) is 0 Å². The molecule has 0 radical (unpaired) electrons. The van der Waals surface area contributed by atoms with Crippen molar-refractivity contribution >= 4 is 11.4 Å². The number of benzene rings is 2. The van der Waals surface area contributed by atoms with Crippen molar-refractivity contribution in [3.05, 3.63) is 74.7 Å². The van der Waals surface area contributed by atoms with Crippen LogP contribution in [-0.2, 0) is 13.6 Å². The second kappa shape index (κ2) is 8.09. The Morgan fingerprint density at radius 2 is 1.79 bits per heavy atom. The van der Waals surface area contributed by atoms with Gasteiger partial charge < -0.3 is 14.4 Å².